The molecule has 1 N–H and O–H groups in total. The maximum atomic E-state index is 5.82. The molecule has 0 unspecified atom stereocenters. The second kappa shape index (κ2) is 5.34. The molecule has 0 aromatic carbocycles. The minimum absolute atomic E-state index is 0.115. The van der Waals surface area contributed by atoms with E-state index in [0.717, 1.165) is 48.0 Å². The van der Waals surface area contributed by atoms with Crippen molar-refractivity contribution in [2.24, 2.45) is 0 Å². The highest BCUT2D eigenvalue weighted by molar-refractivity contribution is 5.20. The lowest BCUT2D eigenvalue weighted by Crippen LogP contribution is -2.36. The molecule has 3 rings (SSSR count). The Kier molecular flexibility index (Phi) is 3.54. The number of aromatic nitrogens is 4. The van der Waals surface area contributed by atoms with Gasteiger partial charge in [-0.2, -0.15) is 0 Å². The molecule has 0 saturated heterocycles. The van der Waals surface area contributed by atoms with Crippen LogP contribution < -0.4 is 5.32 Å². The highest BCUT2D eigenvalue weighted by atomic mass is 16.5. The van der Waals surface area contributed by atoms with Crippen LogP contribution in [0.25, 0.3) is 0 Å². The number of ether oxygens (including phenoxy) is 1. The fourth-order valence-corrected chi connectivity index (χ4v) is 2.42. The van der Waals surface area contributed by atoms with Gasteiger partial charge in [0.05, 0.1) is 36.3 Å². The number of hydrogen-bond donors (Lipinski definition) is 1. The van der Waals surface area contributed by atoms with Crippen LogP contribution in [-0.4, -0.2) is 32.8 Å². The van der Waals surface area contributed by atoms with Crippen molar-refractivity contribution < 1.29 is 9.26 Å². The Bertz CT molecular complexity index is 584. The quantitative estimate of drug-likeness (QED) is 0.894. The van der Waals surface area contributed by atoms with Gasteiger partial charge in [-0.1, -0.05) is 10.4 Å². The van der Waals surface area contributed by atoms with Crippen molar-refractivity contribution in [2.75, 3.05) is 6.54 Å². The molecule has 7 nitrogen and oxygen atoms in total. The second-order valence-electron chi connectivity index (χ2n) is 5.17. The van der Waals surface area contributed by atoms with Gasteiger partial charge in [0, 0.05) is 18.7 Å². The van der Waals surface area contributed by atoms with E-state index in [1.165, 1.54) is 0 Å². The lowest BCUT2D eigenvalue weighted by Gasteiger charge is -2.24. The smallest absolute Gasteiger partial charge is 0.138 e. The SMILES string of the molecule is Cc1noc(C)c1CNC[C@@H]1Cn2nnc(C)c2CO1. The van der Waals surface area contributed by atoms with Crippen LogP contribution in [0, 0.1) is 20.8 Å². The van der Waals surface area contributed by atoms with Crippen molar-refractivity contribution in [3.63, 3.8) is 0 Å². The maximum Gasteiger partial charge on any atom is 0.138 e. The summed E-state index contributed by atoms with van der Waals surface area (Å²) in [5.74, 6) is 0.869. The van der Waals surface area contributed by atoms with Gasteiger partial charge >= 0.3 is 0 Å². The van der Waals surface area contributed by atoms with Gasteiger partial charge in [-0.15, -0.1) is 5.10 Å². The summed E-state index contributed by atoms with van der Waals surface area (Å²) < 4.78 is 12.9. The van der Waals surface area contributed by atoms with Crippen LogP contribution >= 0.6 is 0 Å². The van der Waals surface area contributed by atoms with Gasteiger partial charge in [-0.25, -0.2) is 4.68 Å². The molecule has 0 amide bonds. The van der Waals surface area contributed by atoms with Gasteiger partial charge in [0.2, 0.25) is 0 Å². The summed E-state index contributed by atoms with van der Waals surface area (Å²) in [6, 6.07) is 0. The van der Waals surface area contributed by atoms with Gasteiger partial charge in [-0.3, -0.25) is 0 Å². The van der Waals surface area contributed by atoms with E-state index in [-0.39, 0.29) is 6.10 Å². The average molecular weight is 277 g/mol. The van der Waals surface area contributed by atoms with E-state index in [0.29, 0.717) is 6.61 Å². The van der Waals surface area contributed by atoms with E-state index in [1.807, 2.05) is 25.5 Å². The van der Waals surface area contributed by atoms with E-state index < -0.39 is 0 Å². The van der Waals surface area contributed by atoms with E-state index in [1.54, 1.807) is 0 Å². The summed E-state index contributed by atoms with van der Waals surface area (Å²) in [5.41, 5.74) is 4.09. The van der Waals surface area contributed by atoms with Crippen molar-refractivity contribution in [3.05, 3.63) is 28.4 Å². The summed E-state index contributed by atoms with van der Waals surface area (Å²) in [4.78, 5) is 0. The number of nitrogens with one attached hydrogen (secondary N) is 1. The molecule has 0 radical (unpaired) electrons. The third-order valence-electron chi connectivity index (χ3n) is 3.72. The second-order valence-corrected chi connectivity index (χ2v) is 5.17. The first-order chi connectivity index (χ1) is 9.65. The van der Waals surface area contributed by atoms with Crippen LogP contribution in [0.3, 0.4) is 0 Å². The molecule has 0 spiro atoms. The van der Waals surface area contributed by atoms with Crippen LogP contribution in [-0.2, 0) is 24.4 Å². The number of aryl methyl sites for hydroxylation is 3. The molecule has 20 heavy (non-hydrogen) atoms. The van der Waals surface area contributed by atoms with Crippen LogP contribution in [0.1, 0.15) is 28.4 Å². The standard InChI is InChI=1S/C13H19N5O2/c1-8-12(10(3)20-16-8)5-14-4-11-6-18-13(7-19-11)9(2)15-17-18/h11,14H,4-7H2,1-3H3/t11-/m1/s1. The Morgan fingerprint density at radius 1 is 1.30 bits per heavy atom. The minimum Gasteiger partial charge on any atom is -0.369 e. The lowest BCUT2D eigenvalue weighted by atomic mass is 10.2. The molecule has 3 heterocycles. The topological polar surface area (TPSA) is 78.0 Å². The first kappa shape index (κ1) is 13.3. The highest BCUT2D eigenvalue weighted by Crippen LogP contribution is 2.15. The predicted molar refractivity (Wildman–Crippen MR) is 71.0 cm³/mol. The largest absolute Gasteiger partial charge is 0.369 e. The van der Waals surface area contributed by atoms with E-state index in [9.17, 15) is 0 Å². The first-order valence-corrected chi connectivity index (χ1v) is 6.78. The van der Waals surface area contributed by atoms with Gasteiger partial charge in [0.1, 0.15) is 5.76 Å². The van der Waals surface area contributed by atoms with Crippen molar-refractivity contribution in [1.82, 2.24) is 25.5 Å². The van der Waals surface area contributed by atoms with Crippen molar-refractivity contribution in [3.8, 4) is 0 Å². The Morgan fingerprint density at radius 3 is 2.90 bits per heavy atom. The van der Waals surface area contributed by atoms with Crippen LogP contribution in [0.5, 0.6) is 0 Å². The molecule has 7 heteroatoms. The van der Waals surface area contributed by atoms with Gasteiger partial charge in [0.15, 0.2) is 0 Å². The maximum absolute atomic E-state index is 5.82. The van der Waals surface area contributed by atoms with Gasteiger partial charge in [-0.05, 0) is 20.8 Å². The van der Waals surface area contributed by atoms with Gasteiger partial charge in [0.25, 0.3) is 0 Å². The van der Waals surface area contributed by atoms with Crippen molar-refractivity contribution in [1.29, 1.82) is 0 Å². The molecule has 1 aliphatic rings. The highest BCUT2D eigenvalue weighted by Gasteiger charge is 2.22. The molecule has 2 aromatic heterocycles. The number of nitrogens with zero attached hydrogens (tertiary/aromatic N) is 4. The summed E-state index contributed by atoms with van der Waals surface area (Å²) in [6.07, 6.45) is 0.115. The Morgan fingerprint density at radius 2 is 2.15 bits per heavy atom. The third-order valence-corrected chi connectivity index (χ3v) is 3.72. The minimum atomic E-state index is 0.115. The molecular weight excluding hydrogens is 258 g/mol. The Balaban J connectivity index is 1.53. The lowest BCUT2D eigenvalue weighted by molar-refractivity contribution is 0.000672. The number of rotatable bonds is 4. The number of hydrogen-bond acceptors (Lipinski definition) is 6. The fourth-order valence-electron chi connectivity index (χ4n) is 2.42. The normalized spacial score (nSPS) is 18.2. The van der Waals surface area contributed by atoms with Crippen LogP contribution in [0.4, 0.5) is 0 Å². The number of fused-ring (bicyclic) bond motifs is 1. The monoisotopic (exact) mass is 277 g/mol. The zero-order chi connectivity index (χ0) is 14.1. The zero-order valence-corrected chi connectivity index (χ0v) is 12.0. The molecule has 1 atom stereocenters. The van der Waals surface area contributed by atoms with Crippen molar-refractivity contribution >= 4 is 0 Å². The summed E-state index contributed by atoms with van der Waals surface area (Å²) in [6.45, 7) is 8.67. The molecule has 0 saturated carbocycles. The van der Waals surface area contributed by atoms with Crippen LogP contribution in [0.2, 0.25) is 0 Å². The predicted octanol–water partition coefficient (Wildman–Crippen LogP) is 0.880. The van der Waals surface area contributed by atoms with Gasteiger partial charge < -0.3 is 14.6 Å². The Hall–Kier alpha value is -1.73. The Labute approximate surface area is 117 Å². The average Bonchev–Trinajstić information content (AvgIpc) is 2.96. The van der Waals surface area contributed by atoms with E-state index in [4.69, 9.17) is 9.26 Å². The fraction of sp³-hybridized carbons (Fsp3) is 0.615. The molecule has 0 aliphatic carbocycles. The molecule has 2 aromatic rings. The van der Waals surface area contributed by atoms with E-state index in [2.05, 4.69) is 20.8 Å². The molecule has 0 fully saturated rings. The third kappa shape index (κ3) is 2.46. The molecule has 108 valence electrons. The van der Waals surface area contributed by atoms with E-state index >= 15 is 0 Å². The summed E-state index contributed by atoms with van der Waals surface area (Å²) >= 11 is 0. The first-order valence-electron chi connectivity index (χ1n) is 6.78. The van der Waals surface area contributed by atoms with Crippen molar-refractivity contribution in [2.45, 2.75) is 46.6 Å². The molecule has 1 aliphatic heterocycles. The molecule has 0 bridgehead atoms. The van der Waals surface area contributed by atoms with Crippen LogP contribution in [0.15, 0.2) is 4.52 Å². The molecular formula is C13H19N5O2. The summed E-state index contributed by atoms with van der Waals surface area (Å²) in [7, 11) is 0. The summed E-state index contributed by atoms with van der Waals surface area (Å²) in [5, 5.41) is 15.5. The zero-order valence-electron chi connectivity index (χ0n) is 12.0.